The van der Waals surface area contributed by atoms with Crippen LogP contribution in [-0.2, 0) is 6.42 Å². The number of aromatic hydroxyl groups is 1. The average Bonchev–Trinajstić information content (AvgIpc) is 2.05. The van der Waals surface area contributed by atoms with Crippen LogP contribution < -0.4 is 0 Å². The second-order valence-electron chi connectivity index (χ2n) is 2.91. The third-order valence-corrected chi connectivity index (χ3v) is 1.67. The zero-order chi connectivity index (χ0) is 10.0. The molecule has 1 aromatic carbocycles. The SMILES string of the molecule is CC(O)Cc1c(F)ccc(O)c1F. The number of hydrogen-bond acceptors (Lipinski definition) is 2. The lowest BCUT2D eigenvalue weighted by Crippen LogP contribution is -2.08. The summed E-state index contributed by atoms with van der Waals surface area (Å²) in [5, 5.41) is 17.8. The first-order valence-corrected chi connectivity index (χ1v) is 3.86. The maximum absolute atomic E-state index is 13.0. The van der Waals surface area contributed by atoms with Gasteiger partial charge in [-0.3, -0.25) is 0 Å². The molecule has 0 fully saturated rings. The van der Waals surface area contributed by atoms with Crippen molar-refractivity contribution in [2.75, 3.05) is 0 Å². The van der Waals surface area contributed by atoms with Crippen LogP contribution in [0.1, 0.15) is 12.5 Å². The van der Waals surface area contributed by atoms with Crippen molar-refractivity contribution in [3.63, 3.8) is 0 Å². The third kappa shape index (κ3) is 2.15. The number of rotatable bonds is 2. The molecular formula is C9H10F2O2. The summed E-state index contributed by atoms with van der Waals surface area (Å²) in [5.74, 6) is -2.35. The summed E-state index contributed by atoms with van der Waals surface area (Å²) in [6, 6.07) is 1.91. The summed E-state index contributed by atoms with van der Waals surface area (Å²) in [6.07, 6.45) is -0.989. The molecule has 1 unspecified atom stereocenters. The number of aliphatic hydroxyl groups excluding tert-OH is 1. The predicted molar refractivity (Wildman–Crippen MR) is 43.4 cm³/mol. The van der Waals surface area contributed by atoms with Gasteiger partial charge >= 0.3 is 0 Å². The standard InChI is InChI=1S/C9H10F2O2/c1-5(12)4-6-7(10)2-3-8(13)9(6)11/h2-3,5,12-13H,4H2,1H3. The monoisotopic (exact) mass is 188 g/mol. The molecule has 2 N–H and O–H groups in total. The van der Waals surface area contributed by atoms with E-state index in [0.717, 1.165) is 12.1 Å². The number of phenolic OH excluding ortho intramolecular Hbond substituents is 1. The van der Waals surface area contributed by atoms with Crippen molar-refractivity contribution in [1.29, 1.82) is 0 Å². The summed E-state index contributed by atoms with van der Waals surface area (Å²) < 4.78 is 26.0. The number of phenols is 1. The van der Waals surface area contributed by atoms with Crippen molar-refractivity contribution in [2.24, 2.45) is 0 Å². The number of halogens is 2. The highest BCUT2D eigenvalue weighted by Gasteiger charge is 2.14. The Bertz CT molecular complexity index is 311. The minimum atomic E-state index is -0.999. The molecule has 0 saturated carbocycles. The average molecular weight is 188 g/mol. The second kappa shape index (κ2) is 3.70. The van der Waals surface area contributed by atoms with Crippen LogP contribution in [0.15, 0.2) is 12.1 Å². The predicted octanol–water partition coefficient (Wildman–Crippen LogP) is 1.59. The third-order valence-electron chi connectivity index (χ3n) is 1.67. The van der Waals surface area contributed by atoms with E-state index in [0.29, 0.717) is 0 Å². The number of hydrogen-bond donors (Lipinski definition) is 2. The van der Waals surface area contributed by atoms with E-state index in [-0.39, 0.29) is 12.0 Å². The Morgan fingerprint density at radius 2 is 2.00 bits per heavy atom. The minimum absolute atomic E-state index is 0.147. The van der Waals surface area contributed by atoms with Crippen molar-refractivity contribution in [2.45, 2.75) is 19.4 Å². The first-order valence-electron chi connectivity index (χ1n) is 3.86. The highest BCUT2D eigenvalue weighted by atomic mass is 19.1. The molecule has 1 atom stereocenters. The molecule has 4 heteroatoms. The minimum Gasteiger partial charge on any atom is -0.505 e. The first kappa shape index (κ1) is 9.92. The van der Waals surface area contributed by atoms with Gasteiger partial charge in [0, 0.05) is 12.0 Å². The number of benzene rings is 1. The molecule has 2 nitrogen and oxygen atoms in total. The van der Waals surface area contributed by atoms with Gasteiger partial charge in [-0.05, 0) is 19.1 Å². The maximum Gasteiger partial charge on any atom is 0.170 e. The Balaban J connectivity index is 3.10. The lowest BCUT2D eigenvalue weighted by molar-refractivity contribution is 0.192. The Morgan fingerprint density at radius 3 is 2.54 bits per heavy atom. The largest absolute Gasteiger partial charge is 0.505 e. The van der Waals surface area contributed by atoms with Gasteiger partial charge in [-0.1, -0.05) is 0 Å². The van der Waals surface area contributed by atoms with Crippen LogP contribution in [0.5, 0.6) is 5.75 Å². The molecule has 0 amide bonds. The molecule has 0 aliphatic heterocycles. The highest BCUT2D eigenvalue weighted by molar-refractivity contribution is 5.31. The molecule has 0 aliphatic rings. The van der Waals surface area contributed by atoms with Crippen molar-refractivity contribution >= 4 is 0 Å². The van der Waals surface area contributed by atoms with E-state index in [2.05, 4.69) is 0 Å². The molecule has 0 aliphatic carbocycles. The fourth-order valence-corrected chi connectivity index (χ4v) is 1.07. The van der Waals surface area contributed by atoms with Gasteiger partial charge in [0.15, 0.2) is 11.6 Å². The molecule has 0 radical (unpaired) electrons. The van der Waals surface area contributed by atoms with Crippen LogP contribution in [0.2, 0.25) is 0 Å². The maximum atomic E-state index is 13.0. The van der Waals surface area contributed by atoms with Gasteiger partial charge in [-0.25, -0.2) is 8.78 Å². The normalized spacial score (nSPS) is 12.9. The summed E-state index contributed by atoms with van der Waals surface area (Å²) in [4.78, 5) is 0. The zero-order valence-electron chi connectivity index (χ0n) is 7.09. The van der Waals surface area contributed by atoms with E-state index >= 15 is 0 Å². The molecule has 13 heavy (non-hydrogen) atoms. The van der Waals surface area contributed by atoms with Crippen molar-refractivity contribution in [1.82, 2.24) is 0 Å². The van der Waals surface area contributed by atoms with E-state index in [1.54, 1.807) is 0 Å². The Morgan fingerprint density at radius 1 is 1.38 bits per heavy atom. The molecule has 0 spiro atoms. The van der Waals surface area contributed by atoms with Crippen LogP contribution in [0, 0.1) is 11.6 Å². The highest BCUT2D eigenvalue weighted by Crippen LogP contribution is 2.22. The molecule has 0 saturated heterocycles. The number of aliphatic hydroxyl groups is 1. The van der Waals surface area contributed by atoms with Gasteiger partial charge in [-0.15, -0.1) is 0 Å². The van der Waals surface area contributed by atoms with Crippen molar-refractivity contribution in [3.8, 4) is 5.75 Å². The Labute approximate surface area is 74.4 Å². The summed E-state index contributed by atoms with van der Waals surface area (Å²) >= 11 is 0. The van der Waals surface area contributed by atoms with Gasteiger partial charge in [0.1, 0.15) is 5.82 Å². The molecule has 1 rings (SSSR count). The topological polar surface area (TPSA) is 40.5 Å². The fraction of sp³-hybridized carbons (Fsp3) is 0.333. The summed E-state index contributed by atoms with van der Waals surface area (Å²) in [5.41, 5.74) is -0.282. The van der Waals surface area contributed by atoms with Gasteiger partial charge < -0.3 is 10.2 Å². The second-order valence-corrected chi connectivity index (χ2v) is 2.91. The van der Waals surface area contributed by atoms with Crippen LogP contribution in [0.4, 0.5) is 8.78 Å². The van der Waals surface area contributed by atoms with Gasteiger partial charge in [0.05, 0.1) is 6.10 Å². The zero-order valence-corrected chi connectivity index (χ0v) is 7.09. The van der Waals surface area contributed by atoms with Gasteiger partial charge in [-0.2, -0.15) is 0 Å². The Hall–Kier alpha value is -1.16. The van der Waals surface area contributed by atoms with E-state index in [4.69, 9.17) is 10.2 Å². The lowest BCUT2D eigenvalue weighted by Gasteiger charge is -2.07. The Kier molecular flexibility index (Phi) is 2.83. The molecule has 0 aromatic heterocycles. The first-order chi connectivity index (χ1) is 6.02. The summed E-state index contributed by atoms with van der Waals surface area (Å²) in [6.45, 7) is 1.42. The van der Waals surface area contributed by atoms with Crippen LogP contribution in [0.25, 0.3) is 0 Å². The molecule has 1 aromatic rings. The molecule has 72 valence electrons. The molecule has 0 heterocycles. The van der Waals surface area contributed by atoms with Crippen LogP contribution in [-0.4, -0.2) is 16.3 Å². The van der Waals surface area contributed by atoms with Crippen molar-refractivity contribution in [3.05, 3.63) is 29.3 Å². The van der Waals surface area contributed by atoms with Crippen LogP contribution >= 0.6 is 0 Å². The van der Waals surface area contributed by atoms with E-state index in [1.807, 2.05) is 0 Å². The quantitative estimate of drug-likeness (QED) is 0.739. The van der Waals surface area contributed by atoms with E-state index in [1.165, 1.54) is 6.92 Å². The lowest BCUT2D eigenvalue weighted by atomic mass is 10.1. The molecular weight excluding hydrogens is 178 g/mol. The van der Waals surface area contributed by atoms with E-state index < -0.39 is 23.5 Å². The van der Waals surface area contributed by atoms with E-state index in [9.17, 15) is 8.78 Å². The smallest absolute Gasteiger partial charge is 0.170 e. The van der Waals surface area contributed by atoms with Gasteiger partial charge in [0.2, 0.25) is 0 Å². The van der Waals surface area contributed by atoms with Gasteiger partial charge in [0.25, 0.3) is 0 Å². The summed E-state index contributed by atoms with van der Waals surface area (Å²) in [7, 11) is 0. The van der Waals surface area contributed by atoms with Crippen LogP contribution in [0.3, 0.4) is 0 Å². The molecule has 0 bridgehead atoms. The van der Waals surface area contributed by atoms with Crippen molar-refractivity contribution < 1.29 is 19.0 Å². The fourth-order valence-electron chi connectivity index (χ4n) is 1.07.